The van der Waals surface area contributed by atoms with Gasteiger partial charge in [-0.2, -0.15) is 0 Å². The van der Waals surface area contributed by atoms with E-state index in [0.717, 1.165) is 43.1 Å². The van der Waals surface area contributed by atoms with Crippen LogP contribution in [-0.2, 0) is 4.74 Å². The fraction of sp³-hybridized carbons (Fsp3) is 1.00. The second-order valence-electron chi connectivity index (χ2n) is 14.0. The maximum atomic E-state index is 7.50. The molecule has 7 aliphatic rings. The molecule has 3 aliphatic heterocycles. The molecule has 8 atom stereocenters. The number of piperidine rings is 1. The van der Waals surface area contributed by atoms with Crippen LogP contribution >= 0.6 is 0 Å². The summed E-state index contributed by atoms with van der Waals surface area (Å²) in [4.78, 5) is 0. The molecule has 2 bridgehead atoms. The van der Waals surface area contributed by atoms with Crippen molar-refractivity contribution in [2.45, 2.75) is 139 Å². The van der Waals surface area contributed by atoms with E-state index in [1.165, 1.54) is 96.3 Å². The number of nitrogens with one attached hydrogen (secondary N) is 1. The first-order valence-electron chi connectivity index (χ1n) is 14.8. The van der Waals surface area contributed by atoms with E-state index in [9.17, 15) is 0 Å². The highest BCUT2D eigenvalue weighted by molar-refractivity contribution is 5.13. The molecule has 7 rings (SSSR count). The van der Waals surface area contributed by atoms with Gasteiger partial charge < -0.3 is 21.5 Å². The van der Waals surface area contributed by atoms with Crippen molar-refractivity contribution in [2.75, 3.05) is 6.54 Å². The first-order chi connectivity index (χ1) is 15.9. The zero-order chi connectivity index (χ0) is 22.7. The second-order valence-corrected chi connectivity index (χ2v) is 14.0. The normalized spacial score (nSPS) is 50.3. The lowest BCUT2D eigenvalue weighted by molar-refractivity contribution is -0.296. The maximum Gasteiger partial charge on any atom is 0.0733 e. The highest BCUT2D eigenvalue weighted by Gasteiger charge is 2.62. The molecule has 4 heteroatoms. The summed E-state index contributed by atoms with van der Waals surface area (Å²) >= 11 is 0. The van der Waals surface area contributed by atoms with Gasteiger partial charge in [0.2, 0.25) is 0 Å². The molecule has 4 aliphatic carbocycles. The van der Waals surface area contributed by atoms with E-state index in [-0.39, 0.29) is 17.4 Å². The first kappa shape index (κ1) is 23.3. The van der Waals surface area contributed by atoms with Crippen LogP contribution < -0.4 is 16.8 Å². The summed E-state index contributed by atoms with van der Waals surface area (Å²) in [5.41, 5.74) is 13.8. The first-order valence-corrected chi connectivity index (χ1v) is 14.8. The van der Waals surface area contributed by atoms with Crippen LogP contribution in [0.4, 0.5) is 0 Å². The van der Waals surface area contributed by atoms with Gasteiger partial charge in [0, 0.05) is 12.0 Å². The lowest BCUT2D eigenvalue weighted by Crippen LogP contribution is -2.69. The Morgan fingerprint density at radius 3 is 2.30 bits per heavy atom. The van der Waals surface area contributed by atoms with E-state index in [1.807, 2.05) is 0 Å². The summed E-state index contributed by atoms with van der Waals surface area (Å²) in [7, 11) is 0. The topological polar surface area (TPSA) is 73.3 Å². The molecule has 0 aromatic heterocycles. The van der Waals surface area contributed by atoms with Crippen molar-refractivity contribution >= 4 is 0 Å². The minimum Gasteiger partial charge on any atom is -0.368 e. The van der Waals surface area contributed by atoms with Crippen LogP contribution in [0.5, 0.6) is 0 Å². The standard InChI is InChI=1S/C29H51N3O/c1-27(22-6-2-3-7-22)24-10-13-29(33-27,18-25(24)30)23-15-21(14-20-8-9-26(31)32-19-20)16-28(17-23)11-4-5-12-28/h20-26,32H,2-19,30-31H2,1H3/t20?,21-,23-,24-,25+,26?,27-,29-/m0/s1. The van der Waals surface area contributed by atoms with Gasteiger partial charge in [-0.05, 0) is 126 Å². The summed E-state index contributed by atoms with van der Waals surface area (Å²) in [5.74, 6) is 3.74. The van der Waals surface area contributed by atoms with Crippen LogP contribution in [-0.4, -0.2) is 30.0 Å². The van der Waals surface area contributed by atoms with Gasteiger partial charge in [-0.15, -0.1) is 0 Å². The number of nitrogens with two attached hydrogens (primary N) is 2. The molecule has 2 unspecified atom stereocenters. The molecule has 33 heavy (non-hydrogen) atoms. The van der Waals surface area contributed by atoms with Gasteiger partial charge in [0.15, 0.2) is 0 Å². The summed E-state index contributed by atoms with van der Waals surface area (Å²) in [5, 5.41) is 3.57. The highest BCUT2D eigenvalue weighted by atomic mass is 16.5. The molecule has 3 heterocycles. The molecule has 0 radical (unpaired) electrons. The van der Waals surface area contributed by atoms with Gasteiger partial charge in [-0.3, -0.25) is 0 Å². The molecule has 7 fully saturated rings. The van der Waals surface area contributed by atoms with E-state index in [1.54, 1.807) is 0 Å². The fourth-order valence-corrected chi connectivity index (χ4v) is 10.4. The van der Waals surface area contributed by atoms with Crippen molar-refractivity contribution < 1.29 is 4.74 Å². The molecule has 3 saturated heterocycles. The summed E-state index contributed by atoms with van der Waals surface area (Å²) in [6.45, 7) is 3.62. The molecule has 188 valence electrons. The molecule has 0 amide bonds. The molecule has 4 nitrogen and oxygen atoms in total. The summed E-state index contributed by atoms with van der Waals surface area (Å²) < 4.78 is 7.50. The molecule has 4 saturated carbocycles. The van der Waals surface area contributed by atoms with Gasteiger partial charge in [-0.1, -0.05) is 25.7 Å². The van der Waals surface area contributed by atoms with Gasteiger partial charge in [-0.25, -0.2) is 0 Å². The van der Waals surface area contributed by atoms with Crippen LogP contribution in [0.3, 0.4) is 0 Å². The SMILES string of the molecule is C[C@@]1(C2CCCC2)O[C@@]2([C@H]3C[C@H](CC4CCC(N)NC4)CC4(CCCC4)C3)CC[C@H]1[C@H](N)C2. The minimum atomic E-state index is 0.0334. The molecular weight excluding hydrogens is 406 g/mol. The third-order valence-electron chi connectivity index (χ3n) is 12.0. The molecule has 0 aromatic carbocycles. The van der Waals surface area contributed by atoms with Crippen molar-refractivity contribution in [3.8, 4) is 0 Å². The number of hydrogen-bond acceptors (Lipinski definition) is 4. The Morgan fingerprint density at radius 1 is 0.818 bits per heavy atom. The third-order valence-corrected chi connectivity index (χ3v) is 12.0. The van der Waals surface area contributed by atoms with Crippen molar-refractivity contribution in [1.82, 2.24) is 5.32 Å². The largest absolute Gasteiger partial charge is 0.368 e. The van der Waals surface area contributed by atoms with Gasteiger partial charge in [0.05, 0.1) is 17.4 Å². The van der Waals surface area contributed by atoms with Crippen LogP contribution in [0, 0.1) is 35.0 Å². The van der Waals surface area contributed by atoms with Crippen LogP contribution in [0.2, 0.25) is 0 Å². The number of fused-ring (bicyclic) bond motifs is 3. The monoisotopic (exact) mass is 457 g/mol. The van der Waals surface area contributed by atoms with E-state index < -0.39 is 0 Å². The van der Waals surface area contributed by atoms with Crippen molar-refractivity contribution in [3.05, 3.63) is 0 Å². The Labute approximate surface area is 202 Å². The average Bonchev–Trinajstić information content (AvgIpc) is 3.48. The smallest absolute Gasteiger partial charge is 0.0733 e. The van der Waals surface area contributed by atoms with Gasteiger partial charge in [0.25, 0.3) is 0 Å². The van der Waals surface area contributed by atoms with Crippen LogP contribution in [0.1, 0.15) is 116 Å². The predicted molar refractivity (Wildman–Crippen MR) is 135 cm³/mol. The van der Waals surface area contributed by atoms with E-state index in [0.29, 0.717) is 17.4 Å². The molecule has 0 aromatic rings. The Balaban J connectivity index is 1.25. The van der Waals surface area contributed by atoms with Crippen LogP contribution in [0.15, 0.2) is 0 Å². The average molecular weight is 458 g/mol. The summed E-state index contributed by atoms with van der Waals surface area (Å²) in [6, 6.07) is 0.349. The van der Waals surface area contributed by atoms with Crippen molar-refractivity contribution in [2.24, 2.45) is 46.5 Å². The lowest BCUT2D eigenvalue weighted by atomic mass is 9.53. The predicted octanol–water partition coefficient (Wildman–Crippen LogP) is 5.48. The quantitative estimate of drug-likeness (QED) is 0.522. The zero-order valence-corrected chi connectivity index (χ0v) is 21.3. The number of ether oxygens (including phenoxy) is 1. The third kappa shape index (κ3) is 4.13. The highest BCUT2D eigenvalue weighted by Crippen LogP contribution is 2.63. The summed E-state index contributed by atoms with van der Waals surface area (Å²) in [6.07, 6.45) is 23.5. The van der Waals surface area contributed by atoms with Gasteiger partial charge >= 0.3 is 0 Å². The fourth-order valence-electron chi connectivity index (χ4n) is 10.4. The number of rotatable bonds is 4. The zero-order valence-electron chi connectivity index (χ0n) is 21.3. The molecular formula is C29H51N3O. The van der Waals surface area contributed by atoms with E-state index in [4.69, 9.17) is 16.2 Å². The maximum absolute atomic E-state index is 7.50. The Morgan fingerprint density at radius 2 is 1.61 bits per heavy atom. The molecule has 5 N–H and O–H groups in total. The number of hydrogen-bond donors (Lipinski definition) is 3. The molecule has 1 spiro atoms. The Hall–Kier alpha value is -0.160. The van der Waals surface area contributed by atoms with E-state index in [2.05, 4.69) is 12.2 Å². The van der Waals surface area contributed by atoms with Gasteiger partial charge in [0.1, 0.15) is 0 Å². The Kier molecular flexibility index (Phi) is 6.16. The lowest BCUT2D eigenvalue weighted by Gasteiger charge is -2.64. The minimum absolute atomic E-state index is 0.0334. The van der Waals surface area contributed by atoms with Crippen molar-refractivity contribution in [3.63, 3.8) is 0 Å². The Bertz CT molecular complexity index is 693. The van der Waals surface area contributed by atoms with Crippen molar-refractivity contribution in [1.29, 1.82) is 0 Å². The van der Waals surface area contributed by atoms with Crippen LogP contribution in [0.25, 0.3) is 0 Å². The second kappa shape index (κ2) is 8.75. The van der Waals surface area contributed by atoms with E-state index >= 15 is 0 Å².